The smallest absolute Gasteiger partial charge is 0.0671 e. The third kappa shape index (κ3) is 3.92. The molecule has 0 amide bonds. The van der Waals surface area contributed by atoms with Crippen molar-refractivity contribution in [3.63, 3.8) is 0 Å². The van der Waals surface area contributed by atoms with Gasteiger partial charge in [0.1, 0.15) is 0 Å². The van der Waals surface area contributed by atoms with Crippen molar-refractivity contribution in [1.82, 2.24) is 9.78 Å². The number of halogens is 1. The van der Waals surface area contributed by atoms with Crippen molar-refractivity contribution in [2.24, 2.45) is 0 Å². The molecule has 0 aliphatic heterocycles. The van der Waals surface area contributed by atoms with Gasteiger partial charge in [0.25, 0.3) is 0 Å². The number of aromatic nitrogens is 2. The molecule has 0 N–H and O–H groups in total. The van der Waals surface area contributed by atoms with Gasteiger partial charge in [-0.3, -0.25) is 4.68 Å². The molecule has 0 bridgehead atoms. The third-order valence-electron chi connectivity index (χ3n) is 3.11. The van der Waals surface area contributed by atoms with Crippen molar-refractivity contribution >= 4 is 23.4 Å². The van der Waals surface area contributed by atoms with Crippen LogP contribution in [0, 0.1) is 0 Å². The second kappa shape index (κ2) is 8.11. The predicted molar refractivity (Wildman–Crippen MR) is 82.9 cm³/mol. The van der Waals surface area contributed by atoms with Gasteiger partial charge < -0.3 is 0 Å². The van der Waals surface area contributed by atoms with E-state index in [2.05, 4.69) is 25.5 Å². The lowest BCUT2D eigenvalue weighted by atomic mass is 10.1. The van der Waals surface area contributed by atoms with Gasteiger partial charge in [0.2, 0.25) is 0 Å². The van der Waals surface area contributed by atoms with Crippen LogP contribution in [0.2, 0.25) is 0 Å². The zero-order valence-corrected chi connectivity index (χ0v) is 13.6. The fourth-order valence-electron chi connectivity index (χ4n) is 2.30. The molecule has 1 atom stereocenters. The molecule has 4 heteroatoms. The molecule has 0 aliphatic rings. The molecule has 0 saturated carbocycles. The summed E-state index contributed by atoms with van der Waals surface area (Å²) >= 11 is 8.31. The number of aryl methyl sites for hydroxylation is 2. The van der Waals surface area contributed by atoms with E-state index < -0.39 is 0 Å². The molecule has 0 fully saturated rings. The standard InChI is InChI=1S/C14H25ClN2S/c1-5-12-14(11(4)15)13(6-2)17(16-12)9-8-10-18-7-3/h11H,5-10H2,1-4H3. The molecule has 2 nitrogen and oxygen atoms in total. The number of nitrogens with zero attached hydrogens (tertiary/aromatic N) is 2. The lowest BCUT2D eigenvalue weighted by Crippen LogP contribution is -2.06. The zero-order chi connectivity index (χ0) is 13.5. The lowest BCUT2D eigenvalue weighted by molar-refractivity contribution is 0.573. The summed E-state index contributed by atoms with van der Waals surface area (Å²) in [4.78, 5) is 0. The highest BCUT2D eigenvalue weighted by Crippen LogP contribution is 2.28. The van der Waals surface area contributed by atoms with E-state index in [9.17, 15) is 0 Å². The molecule has 0 aromatic carbocycles. The summed E-state index contributed by atoms with van der Waals surface area (Å²) in [6.07, 6.45) is 3.17. The molecule has 1 rings (SSSR count). The lowest BCUT2D eigenvalue weighted by Gasteiger charge is -2.09. The van der Waals surface area contributed by atoms with E-state index in [-0.39, 0.29) is 5.38 Å². The minimum Gasteiger partial charge on any atom is -0.269 e. The van der Waals surface area contributed by atoms with E-state index >= 15 is 0 Å². The van der Waals surface area contributed by atoms with E-state index in [1.165, 1.54) is 34.9 Å². The molecule has 1 unspecified atom stereocenters. The Labute approximate surface area is 120 Å². The molecule has 0 radical (unpaired) electrons. The normalized spacial score (nSPS) is 12.9. The van der Waals surface area contributed by atoms with Crippen LogP contribution in [0.5, 0.6) is 0 Å². The van der Waals surface area contributed by atoms with Crippen LogP contribution in [0.4, 0.5) is 0 Å². The van der Waals surface area contributed by atoms with Crippen molar-refractivity contribution in [3.8, 4) is 0 Å². The number of hydrogen-bond acceptors (Lipinski definition) is 2. The van der Waals surface area contributed by atoms with Gasteiger partial charge in [-0.2, -0.15) is 16.9 Å². The molecule has 1 heterocycles. The maximum atomic E-state index is 6.31. The Morgan fingerprint density at radius 2 is 2.00 bits per heavy atom. The molecular formula is C14H25ClN2S. The Hall–Kier alpha value is -0.150. The van der Waals surface area contributed by atoms with Crippen LogP contribution in [0.3, 0.4) is 0 Å². The summed E-state index contributed by atoms with van der Waals surface area (Å²) in [6.45, 7) is 9.62. The number of alkyl halides is 1. The van der Waals surface area contributed by atoms with Gasteiger partial charge in [0.15, 0.2) is 0 Å². The molecule has 0 spiro atoms. The average Bonchev–Trinajstić information content (AvgIpc) is 2.72. The Kier molecular flexibility index (Phi) is 7.16. The van der Waals surface area contributed by atoms with E-state index in [1.54, 1.807) is 0 Å². The first-order valence-corrected chi connectivity index (χ1v) is 8.54. The maximum absolute atomic E-state index is 6.31. The third-order valence-corrected chi connectivity index (χ3v) is 4.31. The highest BCUT2D eigenvalue weighted by atomic mass is 35.5. The van der Waals surface area contributed by atoms with Crippen molar-refractivity contribution in [1.29, 1.82) is 0 Å². The van der Waals surface area contributed by atoms with Crippen LogP contribution in [-0.4, -0.2) is 21.3 Å². The van der Waals surface area contributed by atoms with Crippen molar-refractivity contribution in [2.75, 3.05) is 11.5 Å². The predicted octanol–water partition coefficient (Wildman–Crippen LogP) is 4.45. The van der Waals surface area contributed by atoms with E-state index in [1.807, 2.05) is 18.7 Å². The molecule has 0 aliphatic carbocycles. The monoisotopic (exact) mass is 288 g/mol. The van der Waals surface area contributed by atoms with E-state index in [0.29, 0.717) is 0 Å². The number of thioether (sulfide) groups is 1. The first-order chi connectivity index (χ1) is 8.65. The summed E-state index contributed by atoms with van der Waals surface area (Å²) in [5, 5.41) is 4.80. The first kappa shape index (κ1) is 15.9. The second-order valence-electron chi connectivity index (χ2n) is 4.40. The van der Waals surface area contributed by atoms with Crippen LogP contribution < -0.4 is 0 Å². The second-order valence-corrected chi connectivity index (χ2v) is 6.45. The van der Waals surface area contributed by atoms with Gasteiger partial charge >= 0.3 is 0 Å². The molecule has 1 aromatic heterocycles. The van der Waals surface area contributed by atoms with Crippen LogP contribution in [-0.2, 0) is 19.4 Å². The van der Waals surface area contributed by atoms with Gasteiger partial charge in [-0.15, -0.1) is 11.6 Å². The Balaban J connectivity index is 2.83. The van der Waals surface area contributed by atoms with Crippen LogP contribution in [0.15, 0.2) is 0 Å². The highest BCUT2D eigenvalue weighted by Gasteiger charge is 2.18. The Morgan fingerprint density at radius 1 is 1.28 bits per heavy atom. The van der Waals surface area contributed by atoms with Gasteiger partial charge in [0, 0.05) is 17.8 Å². The average molecular weight is 289 g/mol. The molecular weight excluding hydrogens is 264 g/mol. The molecule has 1 aromatic rings. The number of rotatable bonds is 8. The van der Waals surface area contributed by atoms with Crippen LogP contribution >= 0.6 is 23.4 Å². The maximum Gasteiger partial charge on any atom is 0.0671 e. The summed E-state index contributed by atoms with van der Waals surface area (Å²) < 4.78 is 2.18. The highest BCUT2D eigenvalue weighted by molar-refractivity contribution is 7.99. The van der Waals surface area contributed by atoms with Gasteiger partial charge in [0.05, 0.1) is 11.1 Å². The van der Waals surface area contributed by atoms with Crippen molar-refractivity contribution in [3.05, 3.63) is 17.0 Å². The first-order valence-electron chi connectivity index (χ1n) is 6.95. The minimum absolute atomic E-state index is 0.0636. The van der Waals surface area contributed by atoms with Gasteiger partial charge in [-0.25, -0.2) is 0 Å². The van der Waals surface area contributed by atoms with Crippen LogP contribution in [0.1, 0.15) is 56.4 Å². The van der Waals surface area contributed by atoms with E-state index in [4.69, 9.17) is 16.7 Å². The summed E-state index contributed by atoms with van der Waals surface area (Å²) in [6, 6.07) is 0. The fourth-order valence-corrected chi connectivity index (χ4v) is 3.18. The van der Waals surface area contributed by atoms with Crippen molar-refractivity contribution in [2.45, 2.75) is 58.9 Å². The summed E-state index contributed by atoms with van der Waals surface area (Å²) in [7, 11) is 0. The van der Waals surface area contributed by atoms with Gasteiger partial charge in [-0.05, 0) is 37.7 Å². The minimum atomic E-state index is 0.0636. The van der Waals surface area contributed by atoms with Crippen molar-refractivity contribution < 1.29 is 0 Å². The summed E-state index contributed by atoms with van der Waals surface area (Å²) in [5.74, 6) is 2.41. The SMILES string of the molecule is CCSCCCn1nc(CC)c(C(C)Cl)c1CC. The zero-order valence-electron chi connectivity index (χ0n) is 12.0. The quantitative estimate of drug-likeness (QED) is 0.519. The fraction of sp³-hybridized carbons (Fsp3) is 0.786. The molecule has 104 valence electrons. The number of hydrogen-bond donors (Lipinski definition) is 0. The van der Waals surface area contributed by atoms with Gasteiger partial charge in [-0.1, -0.05) is 20.8 Å². The summed E-state index contributed by atoms with van der Waals surface area (Å²) in [5.41, 5.74) is 3.78. The molecule has 18 heavy (non-hydrogen) atoms. The van der Waals surface area contributed by atoms with E-state index in [0.717, 1.165) is 19.4 Å². The largest absolute Gasteiger partial charge is 0.269 e. The topological polar surface area (TPSA) is 17.8 Å². The Morgan fingerprint density at radius 3 is 2.50 bits per heavy atom. The van der Waals surface area contributed by atoms with Crippen LogP contribution in [0.25, 0.3) is 0 Å². The Bertz CT molecular complexity index is 361. The molecule has 0 saturated heterocycles.